The molecule has 2 aliphatic heterocycles. The molecule has 2 rings (SSSR count). The molecule has 0 saturated carbocycles. The van der Waals surface area contributed by atoms with Gasteiger partial charge >= 0.3 is 0 Å². The van der Waals surface area contributed by atoms with E-state index in [1.165, 1.54) is 0 Å². The number of morpholine rings is 1. The summed E-state index contributed by atoms with van der Waals surface area (Å²) in [5, 5.41) is 3.17. The van der Waals surface area contributed by atoms with Gasteiger partial charge in [-0.05, 0) is 32.2 Å². The first-order chi connectivity index (χ1) is 11.3. The summed E-state index contributed by atoms with van der Waals surface area (Å²) in [6.07, 6.45) is 4.37. The molecule has 142 valence electrons. The molecule has 0 amide bonds. The van der Waals surface area contributed by atoms with Gasteiger partial charge in [0.2, 0.25) is 0 Å². The average Bonchev–Trinajstić information content (AvgIpc) is 2.60. The molecular weight excluding hydrogens is 423 g/mol. The lowest BCUT2D eigenvalue weighted by atomic mass is 10.1. The van der Waals surface area contributed by atoms with E-state index in [0.29, 0.717) is 18.6 Å². The summed E-state index contributed by atoms with van der Waals surface area (Å²) in [5.41, 5.74) is 5.87. The highest BCUT2D eigenvalue weighted by atomic mass is 127. The summed E-state index contributed by atoms with van der Waals surface area (Å²) in [4.78, 5) is 6.76. The largest absolute Gasteiger partial charge is 0.381 e. The van der Waals surface area contributed by atoms with Crippen molar-refractivity contribution in [2.75, 3.05) is 65.8 Å². The predicted octanol–water partition coefficient (Wildman–Crippen LogP) is 0.817. The highest BCUT2D eigenvalue weighted by Crippen LogP contribution is 2.10. The van der Waals surface area contributed by atoms with Crippen molar-refractivity contribution in [2.24, 2.45) is 10.7 Å². The maximum Gasteiger partial charge on any atom is 0.188 e. The van der Waals surface area contributed by atoms with Gasteiger partial charge in [-0.1, -0.05) is 0 Å². The summed E-state index contributed by atoms with van der Waals surface area (Å²) in [6.45, 7) is 8.85. The fraction of sp³-hybridized carbons (Fsp3) is 0.938. The van der Waals surface area contributed by atoms with E-state index in [1.54, 1.807) is 0 Å². The first-order valence-corrected chi connectivity index (χ1v) is 8.88. The molecular formula is C16H33IN4O3. The second kappa shape index (κ2) is 14.1. The minimum absolute atomic E-state index is 0. The number of ether oxygens (including phenoxy) is 3. The first-order valence-electron chi connectivity index (χ1n) is 8.88. The molecule has 0 spiro atoms. The van der Waals surface area contributed by atoms with E-state index >= 15 is 0 Å². The number of nitrogens with one attached hydrogen (secondary N) is 1. The smallest absolute Gasteiger partial charge is 0.188 e. The Morgan fingerprint density at radius 2 is 1.83 bits per heavy atom. The summed E-state index contributed by atoms with van der Waals surface area (Å²) >= 11 is 0. The molecule has 2 aliphatic rings. The van der Waals surface area contributed by atoms with Crippen molar-refractivity contribution in [2.45, 2.75) is 31.8 Å². The number of guanidine groups is 1. The Bertz CT molecular complexity index is 335. The fourth-order valence-electron chi connectivity index (χ4n) is 2.76. The van der Waals surface area contributed by atoms with E-state index < -0.39 is 0 Å². The Balaban J connectivity index is 0.00000288. The van der Waals surface area contributed by atoms with E-state index in [2.05, 4.69) is 15.2 Å². The van der Waals surface area contributed by atoms with E-state index in [0.717, 1.165) is 84.9 Å². The first kappa shape index (κ1) is 21.9. The highest BCUT2D eigenvalue weighted by Gasteiger charge is 2.13. The zero-order chi connectivity index (χ0) is 16.2. The Labute approximate surface area is 162 Å². The molecule has 2 heterocycles. The fourth-order valence-corrected chi connectivity index (χ4v) is 2.76. The zero-order valence-electron chi connectivity index (χ0n) is 14.6. The van der Waals surface area contributed by atoms with Gasteiger partial charge in [0, 0.05) is 46.0 Å². The molecule has 24 heavy (non-hydrogen) atoms. The van der Waals surface area contributed by atoms with Crippen molar-refractivity contribution >= 4 is 29.9 Å². The molecule has 0 aromatic carbocycles. The third-order valence-corrected chi connectivity index (χ3v) is 4.17. The molecule has 0 atom stereocenters. The van der Waals surface area contributed by atoms with Gasteiger partial charge in [0.15, 0.2) is 5.96 Å². The lowest BCUT2D eigenvalue weighted by Gasteiger charge is -2.26. The third kappa shape index (κ3) is 9.97. The molecule has 8 heteroatoms. The SMILES string of the molecule is I.NC(=NCCCOC1CCOCC1)NCCCN1CCOCC1. The Hall–Kier alpha value is -0.160. The van der Waals surface area contributed by atoms with Crippen molar-refractivity contribution in [1.29, 1.82) is 0 Å². The molecule has 0 radical (unpaired) electrons. The van der Waals surface area contributed by atoms with Crippen LogP contribution in [0.25, 0.3) is 0 Å². The molecule has 2 saturated heterocycles. The van der Waals surface area contributed by atoms with E-state index in [1.807, 2.05) is 0 Å². The second-order valence-corrected chi connectivity index (χ2v) is 6.04. The maximum atomic E-state index is 5.87. The highest BCUT2D eigenvalue weighted by molar-refractivity contribution is 14.0. The van der Waals surface area contributed by atoms with Crippen LogP contribution >= 0.6 is 24.0 Å². The molecule has 0 aliphatic carbocycles. The van der Waals surface area contributed by atoms with Crippen molar-refractivity contribution in [3.8, 4) is 0 Å². The zero-order valence-corrected chi connectivity index (χ0v) is 16.9. The van der Waals surface area contributed by atoms with E-state index in [4.69, 9.17) is 19.9 Å². The van der Waals surface area contributed by atoms with Gasteiger partial charge in [-0.2, -0.15) is 0 Å². The van der Waals surface area contributed by atoms with Crippen molar-refractivity contribution in [3.05, 3.63) is 0 Å². The standard InChI is InChI=1S/C16H32N4O3.HI/c17-16(18-5-1-7-20-8-13-22-14-9-20)19-6-2-10-23-15-3-11-21-12-4-15;/h15H,1-14H2,(H3,17,18,19);1H. The van der Waals surface area contributed by atoms with Crippen molar-refractivity contribution < 1.29 is 14.2 Å². The predicted molar refractivity (Wildman–Crippen MR) is 106 cm³/mol. The lowest BCUT2D eigenvalue weighted by molar-refractivity contribution is -0.0318. The molecule has 2 fully saturated rings. The van der Waals surface area contributed by atoms with Crippen LogP contribution in [0.1, 0.15) is 25.7 Å². The molecule has 3 N–H and O–H groups in total. The van der Waals surface area contributed by atoms with Crippen molar-refractivity contribution in [3.63, 3.8) is 0 Å². The number of nitrogens with two attached hydrogens (primary N) is 1. The van der Waals surface area contributed by atoms with Crippen LogP contribution in [0.4, 0.5) is 0 Å². The summed E-state index contributed by atoms with van der Waals surface area (Å²) < 4.78 is 16.4. The Kier molecular flexibility index (Phi) is 12.8. The number of nitrogens with zero attached hydrogens (tertiary/aromatic N) is 2. The van der Waals surface area contributed by atoms with Crippen LogP contribution in [0, 0.1) is 0 Å². The number of aliphatic imine (C=N–C) groups is 1. The van der Waals surface area contributed by atoms with Gasteiger partial charge in [0.25, 0.3) is 0 Å². The van der Waals surface area contributed by atoms with Gasteiger partial charge in [0.1, 0.15) is 0 Å². The van der Waals surface area contributed by atoms with Gasteiger partial charge < -0.3 is 25.3 Å². The monoisotopic (exact) mass is 456 g/mol. The Morgan fingerprint density at radius 3 is 2.58 bits per heavy atom. The molecule has 0 unspecified atom stereocenters. The quantitative estimate of drug-likeness (QED) is 0.232. The van der Waals surface area contributed by atoms with Crippen LogP contribution in [0.5, 0.6) is 0 Å². The number of hydrogen-bond donors (Lipinski definition) is 2. The maximum absolute atomic E-state index is 5.87. The lowest BCUT2D eigenvalue weighted by Crippen LogP contribution is -2.39. The van der Waals surface area contributed by atoms with Crippen LogP contribution in [0.3, 0.4) is 0 Å². The van der Waals surface area contributed by atoms with Gasteiger partial charge in [0.05, 0.1) is 19.3 Å². The Morgan fingerprint density at radius 1 is 1.12 bits per heavy atom. The minimum atomic E-state index is 0. The molecule has 0 bridgehead atoms. The van der Waals surface area contributed by atoms with Crippen LogP contribution < -0.4 is 11.1 Å². The van der Waals surface area contributed by atoms with Gasteiger partial charge in [-0.3, -0.25) is 9.89 Å². The number of halogens is 1. The summed E-state index contributed by atoms with van der Waals surface area (Å²) in [7, 11) is 0. The summed E-state index contributed by atoms with van der Waals surface area (Å²) in [6, 6.07) is 0. The normalized spacial score (nSPS) is 20.6. The van der Waals surface area contributed by atoms with E-state index in [-0.39, 0.29) is 24.0 Å². The molecule has 0 aromatic rings. The van der Waals surface area contributed by atoms with Crippen LogP contribution in [-0.4, -0.2) is 82.7 Å². The second-order valence-electron chi connectivity index (χ2n) is 6.04. The number of rotatable bonds is 9. The number of hydrogen-bond acceptors (Lipinski definition) is 5. The van der Waals surface area contributed by atoms with Gasteiger partial charge in [-0.15, -0.1) is 24.0 Å². The topological polar surface area (TPSA) is 81.3 Å². The molecule has 0 aromatic heterocycles. The van der Waals surface area contributed by atoms with Crippen LogP contribution in [-0.2, 0) is 14.2 Å². The van der Waals surface area contributed by atoms with Crippen LogP contribution in [0.2, 0.25) is 0 Å². The average molecular weight is 456 g/mol. The third-order valence-electron chi connectivity index (χ3n) is 4.17. The van der Waals surface area contributed by atoms with E-state index in [9.17, 15) is 0 Å². The van der Waals surface area contributed by atoms with Crippen LogP contribution in [0.15, 0.2) is 4.99 Å². The molecule has 7 nitrogen and oxygen atoms in total. The minimum Gasteiger partial charge on any atom is -0.381 e. The summed E-state index contributed by atoms with van der Waals surface area (Å²) in [5.74, 6) is 0.540. The van der Waals surface area contributed by atoms with Crippen molar-refractivity contribution in [1.82, 2.24) is 10.2 Å². The van der Waals surface area contributed by atoms with Gasteiger partial charge in [-0.25, -0.2) is 0 Å².